The average Bonchev–Trinajstić information content (AvgIpc) is 2.68. The molecule has 2 aromatic rings. The Hall–Kier alpha value is -2.92. The highest BCUT2D eigenvalue weighted by molar-refractivity contribution is 6.04. The van der Waals surface area contributed by atoms with Gasteiger partial charge in [-0.3, -0.25) is 9.59 Å². The molecule has 1 saturated heterocycles. The smallest absolute Gasteiger partial charge is 0.253 e. The highest BCUT2D eigenvalue weighted by Gasteiger charge is 2.19. The number of allylic oxidation sites excluding steroid dienone is 1. The van der Waals surface area contributed by atoms with Crippen LogP contribution < -0.4 is 10.2 Å². The van der Waals surface area contributed by atoms with Gasteiger partial charge in [-0.1, -0.05) is 37.3 Å². The average molecular weight is 350 g/mol. The van der Waals surface area contributed by atoms with E-state index in [2.05, 4.69) is 5.32 Å². The molecule has 3 rings (SSSR count). The molecule has 0 saturated carbocycles. The molecule has 1 fully saturated rings. The van der Waals surface area contributed by atoms with Gasteiger partial charge in [-0.05, 0) is 41.8 Å². The lowest BCUT2D eigenvalue weighted by atomic mass is 10.0. The van der Waals surface area contributed by atoms with Crippen LogP contribution in [0.4, 0.5) is 11.4 Å². The van der Waals surface area contributed by atoms with E-state index in [1.165, 1.54) is 0 Å². The molecule has 26 heavy (non-hydrogen) atoms. The number of morpholine rings is 1. The van der Waals surface area contributed by atoms with Crippen molar-refractivity contribution in [3.63, 3.8) is 0 Å². The van der Waals surface area contributed by atoms with Crippen molar-refractivity contribution in [2.24, 2.45) is 0 Å². The van der Waals surface area contributed by atoms with Crippen LogP contribution in [0.15, 0.2) is 60.7 Å². The summed E-state index contributed by atoms with van der Waals surface area (Å²) in [4.78, 5) is 25.9. The highest BCUT2D eigenvalue weighted by atomic mass is 16.5. The zero-order chi connectivity index (χ0) is 18.4. The number of hydrogen-bond acceptors (Lipinski definition) is 3. The molecular weight excluding hydrogens is 328 g/mol. The molecule has 134 valence electrons. The molecule has 0 spiro atoms. The monoisotopic (exact) mass is 350 g/mol. The third kappa shape index (κ3) is 4.37. The van der Waals surface area contributed by atoms with Gasteiger partial charge >= 0.3 is 0 Å². The minimum atomic E-state index is -0.166. The first-order chi connectivity index (χ1) is 12.7. The lowest BCUT2D eigenvalue weighted by Crippen LogP contribution is -2.41. The van der Waals surface area contributed by atoms with Crippen LogP contribution in [0.5, 0.6) is 0 Å². The normalized spacial score (nSPS) is 15.0. The Morgan fingerprint density at radius 1 is 1.15 bits per heavy atom. The van der Waals surface area contributed by atoms with Gasteiger partial charge in [0.15, 0.2) is 0 Å². The molecule has 5 heteroatoms. The van der Waals surface area contributed by atoms with E-state index in [0.717, 1.165) is 23.2 Å². The summed E-state index contributed by atoms with van der Waals surface area (Å²) in [6, 6.07) is 17.1. The van der Waals surface area contributed by atoms with E-state index < -0.39 is 0 Å². The standard InChI is InChI=1S/C21H22N2O3/c1-2-16(17-6-4-3-5-7-17)14-20(24)22-18-8-10-19(11-9-18)23-12-13-26-15-21(23)25/h3-11,14H,2,12-13,15H2,1H3,(H,22,24)/b16-14+. The first-order valence-electron chi connectivity index (χ1n) is 8.72. The van der Waals surface area contributed by atoms with Gasteiger partial charge in [-0.2, -0.15) is 0 Å². The van der Waals surface area contributed by atoms with Crippen molar-refractivity contribution in [2.45, 2.75) is 13.3 Å². The second kappa shape index (κ2) is 8.45. The number of rotatable bonds is 5. The van der Waals surface area contributed by atoms with Crippen LogP contribution >= 0.6 is 0 Å². The summed E-state index contributed by atoms with van der Waals surface area (Å²) in [7, 11) is 0. The van der Waals surface area contributed by atoms with E-state index >= 15 is 0 Å². The van der Waals surface area contributed by atoms with Crippen molar-refractivity contribution < 1.29 is 14.3 Å². The van der Waals surface area contributed by atoms with Crippen LogP contribution in [-0.2, 0) is 14.3 Å². The molecule has 2 amide bonds. The Morgan fingerprint density at radius 2 is 1.88 bits per heavy atom. The van der Waals surface area contributed by atoms with E-state index in [1.807, 2.05) is 49.4 Å². The third-order valence-corrected chi connectivity index (χ3v) is 4.26. The Balaban J connectivity index is 1.67. The highest BCUT2D eigenvalue weighted by Crippen LogP contribution is 2.21. The Labute approximate surface area is 153 Å². The van der Waals surface area contributed by atoms with Crippen molar-refractivity contribution in [3.8, 4) is 0 Å². The molecule has 0 atom stereocenters. The fraction of sp³-hybridized carbons (Fsp3) is 0.238. The summed E-state index contributed by atoms with van der Waals surface area (Å²) in [5.74, 6) is -0.215. The molecule has 0 aromatic heterocycles. The quantitative estimate of drug-likeness (QED) is 0.840. The minimum Gasteiger partial charge on any atom is -0.370 e. The molecule has 0 bridgehead atoms. The van der Waals surface area contributed by atoms with Crippen molar-refractivity contribution in [1.82, 2.24) is 0 Å². The molecule has 2 aromatic carbocycles. The molecule has 0 radical (unpaired) electrons. The van der Waals surface area contributed by atoms with Crippen molar-refractivity contribution in [2.75, 3.05) is 30.0 Å². The fourth-order valence-electron chi connectivity index (χ4n) is 2.89. The van der Waals surface area contributed by atoms with E-state index in [0.29, 0.717) is 18.8 Å². The molecule has 1 aliphatic heterocycles. The Kier molecular flexibility index (Phi) is 5.81. The van der Waals surface area contributed by atoms with Crippen LogP contribution in [0.1, 0.15) is 18.9 Å². The molecule has 1 N–H and O–H groups in total. The molecule has 0 aliphatic carbocycles. The molecule has 1 aliphatic rings. The number of anilines is 2. The zero-order valence-corrected chi connectivity index (χ0v) is 14.8. The predicted molar refractivity (Wildman–Crippen MR) is 103 cm³/mol. The van der Waals surface area contributed by atoms with Crippen molar-refractivity contribution >= 4 is 28.8 Å². The number of carbonyl (C=O) groups excluding carboxylic acids is 2. The van der Waals surface area contributed by atoms with E-state index in [1.54, 1.807) is 23.1 Å². The first-order valence-corrected chi connectivity index (χ1v) is 8.72. The van der Waals surface area contributed by atoms with Crippen molar-refractivity contribution in [3.05, 3.63) is 66.2 Å². The van der Waals surface area contributed by atoms with Gasteiger partial charge in [0.25, 0.3) is 5.91 Å². The zero-order valence-electron chi connectivity index (χ0n) is 14.8. The van der Waals surface area contributed by atoms with Gasteiger partial charge in [0, 0.05) is 24.0 Å². The molecule has 0 unspecified atom stereocenters. The largest absolute Gasteiger partial charge is 0.370 e. The summed E-state index contributed by atoms with van der Waals surface area (Å²) in [6.45, 7) is 3.22. The topological polar surface area (TPSA) is 58.6 Å². The van der Waals surface area contributed by atoms with Gasteiger partial charge in [0.1, 0.15) is 6.61 Å². The van der Waals surface area contributed by atoms with Crippen LogP contribution in [0.3, 0.4) is 0 Å². The van der Waals surface area contributed by atoms with Gasteiger partial charge in [-0.25, -0.2) is 0 Å². The maximum atomic E-state index is 12.3. The molecule has 1 heterocycles. The van der Waals surface area contributed by atoms with Gasteiger partial charge in [0.2, 0.25) is 5.91 Å². The summed E-state index contributed by atoms with van der Waals surface area (Å²) in [5.41, 5.74) is 3.54. The number of nitrogens with one attached hydrogen (secondary N) is 1. The second-order valence-electron chi connectivity index (χ2n) is 6.02. The van der Waals surface area contributed by atoms with Gasteiger partial charge < -0.3 is 15.0 Å². The number of nitrogens with zero attached hydrogens (tertiary/aromatic N) is 1. The SMILES string of the molecule is CC/C(=C\C(=O)Nc1ccc(N2CCOCC2=O)cc1)c1ccccc1. The maximum Gasteiger partial charge on any atom is 0.253 e. The van der Waals surface area contributed by atoms with Crippen LogP contribution in [0.2, 0.25) is 0 Å². The number of hydrogen-bond donors (Lipinski definition) is 1. The lowest BCUT2D eigenvalue weighted by molar-refractivity contribution is -0.125. The second-order valence-corrected chi connectivity index (χ2v) is 6.02. The summed E-state index contributed by atoms with van der Waals surface area (Å²) in [6.07, 6.45) is 2.41. The van der Waals surface area contributed by atoms with Crippen LogP contribution in [0, 0.1) is 0 Å². The number of ether oxygens (including phenoxy) is 1. The number of amides is 2. The lowest BCUT2D eigenvalue weighted by Gasteiger charge is -2.26. The van der Waals surface area contributed by atoms with Crippen LogP contribution in [0.25, 0.3) is 5.57 Å². The first kappa shape index (κ1) is 17.9. The minimum absolute atomic E-state index is 0.0496. The van der Waals surface area contributed by atoms with E-state index in [-0.39, 0.29) is 18.4 Å². The third-order valence-electron chi connectivity index (χ3n) is 4.26. The molecule has 5 nitrogen and oxygen atoms in total. The Morgan fingerprint density at radius 3 is 2.54 bits per heavy atom. The van der Waals surface area contributed by atoms with E-state index in [4.69, 9.17) is 4.74 Å². The van der Waals surface area contributed by atoms with Crippen LogP contribution in [-0.4, -0.2) is 31.6 Å². The summed E-state index contributed by atoms with van der Waals surface area (Å²) < 4.78 is 5.14. The van der Waals surface area contributed by atoms with Gasteiger partial charge in [0.05, 0.1) is 6.61 Å². The van der Waals surface area contributed by atoms with E-state index in [9.17, 15) is 9.59 Å². The molecular formula is C21H22N2O3. The summed E-state index contributed by atoms with van der Waals surface area (Å²) >= 11 is 0. The summed E-state index contributed by atoms with van der Waals surface area (Å²) in [5, 5.41) is 2.87. The fourth-order valence-corrected chi connectivity index (χ4v) is 2.89. The van der Waals surface area contributed by atoms with Gasteiger partial charge in [-0.15, -0.1) is 0 Å². The number of benzene rings is 2. The predicted octanol–water partition coefficient (Wildman–Crippen LogP) is 3.48. The number of carbonyl (C=O) groups is 2. The maximum absolute atomic E-state index is 12.3. The Bertz CT molecular complexity index is 798. The van der Waals surface area contributed by atoms with Crippen molar-refractivity contribution in [1.29, 1.82) is 0 Å².